The van der Waals surface area contributed by atoms with Crippen LogP contribution in [-0.4, -0.2) is 17.4 Å². The molecule has 1 aromatic heterocycles. The van der Waals surface area contributed by atoms with Crippen molar-refractivity contribution in [2.75, 3.05) is 6.54 Å². The molecule has 1 heterocycles. The van der Waals surface area contributed by atoms with E-state index in [1.807, 2.05) is 13.8 Å². The first-order valence-corrected chi connectivity index (χ1v) is 5.90. The molecule has 5 heteroatoms. The van der Waals surface area contributed by atoms with E-state index in [4.69, 9.17) is 5.73 Å². The number of nitrogens with two attached hydrogens (primary N) is 1. The van der Waals surface area contributed by atoms with Crippen LogP contribution in [0.1, 0.15) is 23.9 Å². The molecule has 0 aliphatic rings. The van der Waals surface area contributed by atoms with Gasteiger partial charge >= 0.3 is 0 Å². The Morgan fingerprint density at radius 1 is 1.73 bits per heavy atom. The van der Waals surface area contributed by atoms with Gasteiger partial charge in [0.15, 0.2) is 0 Å². The molecule has 0 bridgehead atoms. The molecule has 0 saturated carbocycles. The number of thiazole rings is 1. The summed E-state index contributed by atoms with van der Waals surface area (Å²) in [7, 11) is 0. The highest BCUT2D eigenvalue weighted by Gasteiger charge is 2.11. The summed E-state index contributed by atoms with van der Waals surface area (Å²) in [6.45, 7) is 4.96. The molecule has 0 aliphatic heterocycles. The van der Waals surface area contributed by atoms with Crippen LogP contribution in [0.5, 0.6) is 0 Å². The normalized spacial score (nSPS) is 12.5. The maximum atomic E-state index is 11.6. The summed E-state index contributed by atoms with van der Waals surface area (Å²) in [5, 5.41) is 2.89. The molecule has 1 unspecified atom stereocenters. The van der Waals surface area contributed by atoms with Crippen LogP contribution in [0.25, 0.3) is 0 Å². The van der Waals surface area contributed by atoms with Gasteiger partial charge in [0.05, 0.1) is 17.7 Å². The summed E-state index contributed by atoms with van der Waals surface area (Å²) < 4.78 is 0. The standard InChI is InChI=1S/C10H17N3OS/c1-7(3-4-11)10(14)12-5-9-8(2)13-6-15-9/h6-7H,3-5,11H2,1-2H3,(H,12,14). The quantitative estimate of drug-likeness (QED) is 0.790. The van der Waals surface area contributed by atoms with Gasteiger partial charge in [-0.05, 0) is 19.9 Å². The fraction of sp³-hybridized carbons (Fsp3) is 0.600. The number of rotatable bonds is 5. The minimum Gasteiger partial charge on any atom is -0.351 e. The molecular weight excluding hydrogens is 210 g/mol. The zero-order chi connectivity index (χ0) is 11.3. The van der Waals surface area contributed by atoms with E-state index in [0.29, 0.717) is 13.1 Å². The average molecular weight is 227 g/mol. The summed E-state index contributed by atoms with van der Waals surface area (Å²) in [6.07, 6.45) is 0.730. The molecule has 84 valence electrons. The average Bonchev–Trinajstić information content (AvgIpc) is 2.61. The molecule has 0 radical (unpaired) electrons. The zero-order valence-corrected chi connectivity index (χ0v) is 9.93. The lowest BCUT2D eigenvalue weighted by Crippen LogP contribution is -2.29. The monoisotopic (exact) mass is 227 g/mol. The van der Waals surface area contributed by atoms with Crippen molar-refractivity contribution in [2.45, 2.75) is 26.8 Å². The van der Waals surface area contributed by atoms with E-state index in [-0.39, 0.29) is 11.8 Å². The van der Waals surface area contributed by atoms with Gasteiger partial charge in [-0.2, -0.15) is 0 Å². The maximum Gasteiger partial charge on any atom is 0.223 e. The molecule has 0 saturated heterocycles. The van der Waals surface area contributed by atoms with Crippen molar-refractivity contribution in [1.82, 2.24) is 10.3 Å². The van der Waals surface area contributed by atoms with Gasteiger partial charge < -0.3 is 11.1 Å². The molecular formula is C10H17N3OS. The van der Waals surface area contributed by atoms with Gasteiger partial charge in [-0.15, -0.1) is 11.3 Å². The van der Waals surface area contributed by atoms with Crippen LogP contribution < -0.4 is 11.1 Å². The number of nitrogens with zero attached hydrogens (tertiary/aromatic N) is 1. The summed E-state index contributed by atoms with van der Waals surface area (Å²) in [5.41, 5.74) is 8.18. The summed E-state index contributed by atoms with van der Waals surface area (Å²) in [4.78, 5) is 16.8. The number of nitrogens with one attached hydrogen (secondary N) is 1. The van der Waals surface area contributed by atoms with E-state index in [1.165, 1.54) is 0 Å². The Labute approximate surface area is 93.9 Å². The van der Waals surface area contributed by atoms with Crippen LogP contribution in [0, 0.1) is 12.8 Å². The Bertz CT molecular complexity index is 324. The third kappa shape index (κ3) is 3.60. The van der Waals surface area contributed by atoms with Gasteiger partial charge in [-0.1, -0.05) is 6.92 Å². The first-order chi connectivity index (χ1) is 7.15. The molecule has 15 heavy (non-hydrogen) atoms. The first-order valence-electron chi connectivity index (χ1n) is 5.02. The van der Waals surface area contributed by atoms with E-state index in [2.05, 4.69) is 10.3 Å². The molecule has 0 aromatic carbocycles. The number of carbonyl (C=O) groups is 1. The van der Waals surface area contributed by atoms with E-state index < -0.39 is 0 Å². The molecule has 1 amide bonds. The molecule has 3 N–H and O–H groups in total. The number of carbonyl (C=O) groups excluding carboxylic acids is 1. The van der Waals surface area contributed by atoms with Crippen molar-refractivity contribution in [3.05, 3.63) is 16.1 Å². The molecule has 0 spiro atoms. The zero-order valence-electron chi connectivity index (χ0n) is 9.12. The van der Waals surface area contributed by atoms with Gasteiger partial charge in [0.1, 0.15) is 0 Å². The SMILES string of the molecule is Cc1ncsc1CNC(=O)C(C)CCN. The summed E-state index contributed by atoms with van der Waals surface area (Å²) in [5.74, 6) is 0.0523. The lowest BCUT2D eigenvalue weighted by molar-refractivity contribution is -0.124. The third-order valence-corrected chi connectivity index (χ3v) is 3.25. The number of hydrogen-bond donors (Lipinski definition) is 2. The van der Waals surface area contributed by atoms with Gasteiger partial charge in [0.25, 0.3) is 0 Å². The van der Waals surface area contributed by atoms with Gasteiger partial charge in [-0.25, -0.2) is 4.98 Å². The second-order valence-electron chi connectivity index (χ2n) is 3.56. The Morgan fingerprint density at radius 3 is 3.00 bits per heavy atom. The van der Waals surface area contributed by atoms with Crippen molar-refractivity contribution < 1.29 is 4.79 Å². The molecule has 0 aliphatic carbocycles. The van der Waals surface area contributed by atoms with Crippen LogP contribution in [0.2, 0.25) is 0 Å². The molecule has 0 fully saturated rings. The van der Waals surface area contributed by atoms with Crippen molar-refractivity contribution in [3.8, 4) is 0 Å². The van der Waals surface area contributed by atoms with Crippen LogP contribution in [0.15, 0.2) is 5.51 Å². The third-order valence-electron chi connectivity index (χ3n) is 2.32. The minimum absolute atomic E-state index is 0.0109. The number of amides is 1. The van der Waals surface area contributed by atoms with E-state index >= 15 is 0 Å². The highest BCUT2D eigenvalue weighted by atomic mass is 32.1. The predicted molar refractivity (Wildman–Crippen MR) is 61.5 cm³/mol. The number of hydrogen-bond acceptors (Lipinski definition) is 4. The van der Waals surface area contributed by atoms with E-state index in [9.17, 15) is 4.79 Å². The van der Waals surface area contributed by atoms with Crippen LogP contribution in [-0.2, 0) is 11.3 Å². The lowest BCUT2D eigenvalue weighted by atomic mass is 10.1. The first kappa shape index (κ1) is 12.1. The second-order valence-corrected chi connectivity index (χ2v) is 4.50. The fourth-order valence-corrected chi connectivity index (χ4v) is 1.94. The highest BCUT2D eigenvalue weighted by Crippen LogP contribution is 2.11. The van der Waals surface area contributed by atoms with Gasteiger partial charge in [0, 0.05) is 10.8 Å². The lowest BCUT2D eigenvalue weighted by Gasteiger charge is -2.10. The smallest absolute Gasteiger partial charge is 0.223 e. The summed E-state index contributed by atoms with van der Waals surface area (Å²) in [6, 6.07) is 0. The predicted octanol–water partition coefficient (Wildman–Crippen LogP) is 1.05. The maximum absolute atomic E-state index is 11.6. The second kappa shape index (κ2) is 5.82. The van der Waals surface area contributed by atoms with Crippen LogP contribution in [0.4, 0.5) is 0 Å². The number of aromatic nitrogens is 1. The van der Waals surface area contributed by atoms with Gasteiger partial charge in [-0.3, -0.25) is 4.79 Å². The van der Waals surface area contributed by atoms with Crippen molar-refractivity contribution >= 4 is 17.2 Å². The van der Waals surface area contributed by atoms with Crippen molar-refractivity contribution in [1.29, 1.82) is 0 Å². The molecule has 4 nitrogen and oxygen atoms in total. The number of aryl methyl sites for hydroxylation is 1. The largest absolute Gasteiger partial charge is 0.351 e. The van der Waals surface area contributed by atoms with Crippen LogP contribution >= 0.6 is 11.3 Å². The summed E-state index contributed by atoms with van der Waals surface area (Å²) >= 11 is 1.57. The molecule has 1 aromatic rings. The van der Waals surface area contributed by atoms with Gasteiger partial charge in [0.2, 0.25) is 5.91 Å². The van der Waals surface area contributed by atoms with Crippen molar-refractivity contribution in [3.63, 3.8) is 0 Å². The minimum atomic E-state index is -0.0109. The van der Waals surface area contributed by atoms with E-state index in [0.717, 1.165) is 17.0 Å². The molecule has 1 atom stereocenters. The molecule has 1 rings (SSSR count). The fourth-order valence-electron chi connectivity index (χ4n) is 1.22. The van der Waals surface area contributed by atoms with Crippen LogP contribution in [0.3, 0.4) is 0 Å². The van der Waals surface area contributed by atoms with Crippen molar-refractivity contribution in [2.24, 2.45) is 11.7 Å². The highest BCUT2D eigenvalue weighted by molar-refractivity contribution is 7.09. The topological polar surface area (TPSA) is 68.0 Å². The Balaban J connectivity index is 2.37. The Kier molecular flexibility index (Phi) is 4.71. The van der Waals surface area contributed by atoms with E-state index in [1.54, 1.807) is 16.8 Å². The Hall–Kier alpha value is -0.940. The Morgan fingerprint density at radius 2 is 2.47 bits per heavy atom.